The van der Waals surface area contributed by atoms with Crippen molar-refractivity contribution in [3.05, 3.63) is 59.2 Å². The Morgan fingerprint density at radius 3 is 2.45 bits per heavy atom. The lowest BCUT2D eigenvalue weighted by atomic mass is 10.0. The Labute approximate surface area is 131 Å². The molecule has 22 heavy (non-hydrogen) atoms. The predicted molar refractivity (Wildman–Crippen MR) is 92.7 cm³/mol. The van der Waals surface area contributed by atoms with Gasteiger partial charge in [-0.15, -0.1) is 0 Å². The van der Waals surface area contributed by atoms with Gasteiger partial charge in [0.25, 0.3) is 0 Å². The fraction of sp³-hybridized carbons (Fsp3) is 0.235. The number of benzene rings is 1. The maximum Gasteiger partial charge on any atom is 0.126 e. The van der Waals surface area contributed by atoms with Crippen molar-refractivity contribution in [2.24, 2.45) is 0 Å². The van der Waals surface area contributed by atoms with Crippen molar-refractivity contribution in [1.82, 2.24) is 5.32 Å². The van der Waals surface area contributed by atoms with Crippen LogP contribution in [0.1, 0.15) is 19.4 Å². The van der Waals surface area contributed by atoms with E-state index in [1.54, 1.807) is 20.9 Å². The molecule has 1 aromatic carbocycles. The average Bonchev–Trinajstić information content (AvgIpc) is 2.47. The van der Waals surface area contributed by atoms with Gasteiger partial charge in [-0.2, -0.15) is 0 Å². The van der Waals surface area contributed by atoms with Crippen LogP contribution < -0.4 is 16.4 Å². The van der Waals surface area contributed by atoms with Crippen molar-refractivity contribution in [3.8, 4) is 0 Å². The molecule has 1 aromatic rings. The van der Waals surface area contributed by atoms with Gasteiger partial charge in [0.15, 0.2) is 0 Å². The number of nitrogens with two attached hydrogens (primary N) is 1. The van der Waals surface area contributed by atoms with Gasteiger partial charge >= 0.3 is 0 Å². The third-order valence-corrected chi connectivity index (χ3v) is 3.25. The molecule has 0 saturated carbocycles. The number of nitrogen functional groups attached to an aromatic ring is 1. The molecule has 0 bridgehead atoms. The monoisotopic (exact) mass is 302 g/mol. The molecule has 0 unspecified atom stereocenters. The Morgan fingerprint density at radius 1 is 1.36 bits per heavy atom. The summed E-state index contributed by atoms with van der Waals surface area (Å²) in [6, 6.07) is 5.62. The van der Waals surface area contributed by atoms with Crippen LogP contribution in [0.25, 0.3) is 0 Å². The van der Waals surface area contributed by atoms with Crippen molar-refractivity contribution >= 4 is 17.1 Å². The second-order valence-corrected chi connectivity index (χ2v) is 5.02. The van der Waals surface area contributed by atoms with E-state index in [0.29, 0.717) is 28.3 Å². The maximum absolute atomic E-state index is 13.9. The Hall–Kier alpha value is -2.56. The van der Waals surface area contributed by atoms with Crippen LogP contribution in [0.2, 0.25) is 0 Å². The highest BCUT2D eigenvalue weighted by Gasteiger charge is 2.14. The van der Waals surface area contributed by atoms with E-state index in [1.165, 1.54) is 0 Å². The minimum atomic E-state index is -0.465. The van der Waals surface area contributed by atoms with Crippen LogP contribution in [-0.2, 0) is 0 Å². The van der Waals surface area contributed by atoms with Crippen LogP contribution >= 0.6 is 0 Å². The summed E-state index contributed by atoms with van der Waals surface area (Å²) in [6.07, 6.45) is 1.13. The van der Waals surface area contributed by atoms with Gasteiger partial charge in [0, 0.05) is 18.3 Å². The van der Waals surface area contributed by atoms with Gasteiger partial charge in [0.2, 0.25) is 0 Å². The number of hydrogen-bond acceptors (Lipinski definition) is 4. The zero-order valence-corrected chi connectivity index (χ0v) is 13.5. The molecule has 0 spiro atoms. The first-order valence-electron chi connectivity index (χ1n) is 6.91. The van der Waals surface area contributed by atoms with Gasteiger partial charge in [-0.1, -0.05) is 12.6 Å². The average molecular weight is 302 g/mol. The Bertz CT molecular complexity index is 657. The summed E-state index contributed by atoms with van der Waals surface area (Å²) in [5, 5.41) is 14.0. The van der Waals surface area contributed by atoms with Crippen LogP contribution in [0.15, 0.2) is 53.6 Å². The Balaban J connectivity index is 3.40. The molecule has 0 aromatic heterocycles. The summed E-state index contributed by atoms with van der Waals surface area (Å²) < 4.78 is 13.9. The van der Waals surface area contributed by atoms with E-state index in [4.69, 9.17) is 11.1 Å². The minimum Gasteiger partial charge on any atom is -0.397 e. The lowest BCUT2D eigenvalue weighted by Gasteiger charge is -2.18. The van der Waals surface area contributed by atoms with Crippen LogP contribution in [0.4, 0.5) is 15.8 Å². The number of nitrogens with one attached hydrogen (secondary N) is 3. The molecule has 0 saturated heterocycles. The molecule has 4 nitrogen and oxygen atoms in total. The maximum atomic E-state index is 13.9. The molecular formula is C17H23FN4. The summed E-state index contributed by atoms with van der Waals surface area (Å²) in [6.45, 7) is 8.60. The lowest BCUT2D eigenvalue weighted by molar-refractivity contribution is 0.657. The Kier molecular flexibility index (Phi) is 5.92. The van der Waals surface area contributed by atoms with Gasteiger partial charge < -0.3 is 21.8 Å². The highest BCUT2D eigenvalue weighted by atomic mass is 19.1. The van der Waals surface area contributed by atoms with E-state index in [2.05, 4.69) is 17.2 Å². The second-order valence-electron chi connectivity index (χ2n) is 5.02. The molecule has 0 amide bonds. The molecule has 0 fully saturated rings. The highest BCUT2D eigenvalue weighted by Crippen LogP contribution is 2.25. The number of aryl methyl sites for hydroxylation is 1. The standard InChI is InChI=1S/C17H23FN4/c1-6-13(18)11(3)16(12(4)19)17(21-5)22-15-8-7-10(2)9-14(15)20/h6-9,19,21-22H,1,20H2,2-5H3/b13-11-,17-16+,19-12?. The van der Waals surface area contributed by atoms with Crippen LogP contribution in [-0.4, -0.2) is 12.8 Å². The van der Waals surface area contributed by atoms with Crippen molar-refractivity contribution in [2.45, 2.75) is 20.8 Å². The van der Waals surface area contributed by atoms with Gasteiger partial charge in [-0.25, -0.2) is 4.39 Å². The van der Waals surface area contributed by atoms with E-state index in [1.807, 2.05) is 25.1 Å². The van der Waals surface area contributed by atoms with Crippen molar-refractivity contribution in [2.75, 3.05) is 18.1 Å². The molecule has 0 aliphatic heterocycles. The van der Waals surface area contributed by atoms with E-state index in [0.717, 1.165) is 11.6 Å². The largest absolute Gasteiger partial charge is 0.397 e. The molecular weight excluding hydrogens is 279 g/mol. The zero-order chi connectivity index (χ0) is 16.9. The number of rotatable bonds is 6. The normalized spacial score (nSPS) is 13.0. The van der Waals surface area contributed by atoms with Gasteiger partial charge in [-0.05, 0) is 50.1 Å². The molecule has 0 atom stereocenters. The fourth-order valence-corrected chi connectivity index (χ4v) is 2.11. The first-order valence-corrected chi connectivity index (χ1v) is 6.91. The van der Waals surface area contributed by atoms with Crippen molar-refractivity contribution in [1.29, 1.82) is 5.41 Å². The molecule has 0 aliphatic rings. The SMILES string of the molecule is C=C/C(F)=C(C)/C(C(C)=N)=C(/NC)Nc1ccc(C)cc1N. The third-order valence-electron chi connectivity index (χ3n) is 3.25. The smallest absolute Gasteiger partial charge is 0.126 e. The first-order chi connectivity index (χ1) is 10.3. The molecule has 0 radical (unpaired) electrons. The van der Waals surface area contributed by atoms with E-state index in [-0.39, 0.29) is 5.71 Å². The van der Waals surface area contributed by atoms with Crippen molar-refractivity contribution < 1.29 is 4.39 Å². The highest BCUT2D eigenvalue weighted by molar-refractivity contribution is 6.01. The number of halogens is 1. The first kappa shape index (κ1) is 17.5. The topological polar surface area (TPSA) is 73.9 Å². The molecule has 118 valence electrons. The Morgan fingerprint density at radius 2 is 2.00 bits per heavy atom. The summed E-state index contributed by atoms with van der Waals surface area (Å²) >= 11 is 0. The summed E-state index contributed by atoms with van der Waals surface area (Å²) in [5.74, 6) is 0.0468. The number of anilines is 2. The summed E-state index contributed by atoms with van der Waals surface area (Å²) in [4.78, 5) is 0. The van der Waals surface area contributed by atoms with E-state index < -0.39 is 5.83 Å². The lowest BCUT2D eigenvalue weighted by Crippen LogP contribution is -2.21. The summed E-state index contributed by atoms with van der Waals surface area (Å²) in [7, 11) is 1.70. The molecule has 5 heteroatoms. The van der Waals surface area contributed by atoms with Crippen molar-refractivity contribution in [3.63, 3.8) is 0 Å². The molecule has 1 rings (SSSR count). The van der Waals surface area contributed by atoms with Crippen LogP contribution in [0.5, 0.6) is 0 Å². The number of allylic oxidation sites excluding steroid dienone is 4. The number of hydrogen-bond donors (Lipinski definition) is 4. The van der Waals surface area contributed by atoms with Gasteiger partial charge in [0.05, 0.1) is 11.4 Å². The predicted octanol–water partition coefficient (Wildman–Crippen LogP) is 3.89. The zero-order valence-electron chi connectivity index (χ0n) is 13.5. The summed E-state index contributed by atoms with van der Waals surface area (Å²) in [5.41, 5.74) is 9.34. The quantitative estimate of drug-likeness (QED) is 0.366. The van der Waals surface area contributed by atoms with E-state index in [9.17, 15) is 4.39 Å². The second kappa shape index (κ2) is 7.45. The minimum absolute atomic E-state index is 0.233. The van der Waals surface area contributed by atoms with E-state index >= 15 is 0 Å². The molecule has 0 heterocycles. The van der Waals surface area contributed by atoms with Crippen LogP contribution in [0, 0.1) is 12.3 Å². The molecule has 0 aliphatic carbocycles. The van der Waals surface area contributed by atoms with Crippen LogP contribution in [0.3, 0.4) is 0 Å². The fourth-order valence-electron chi connectivity index (χ4n) is 2.11. The van der Waals surface area contributed by atoms with Gasteiger partial charge in [0.1, 0.15) is 11.6 Å². The molecule has 5 N–H and O–H groups in total. The third kappa shape index (κ3) is 3.97. The van der Waals surface area contributed by atoms with Gasteiger partial charge in [-0.3, -0.25) is 0 Å².